The number of halogens is 1. The molecule has 0 aliphatic carbocycles. The number of nitrogens with one attached hydrogen (secondary N) is 1. The van der Waals surface area contributed by atoms with E-state index in [0.717, 1.165) is 15.6 Å². The summed E-state index contributed by atoms with van der Waals surface area (Å²) in [5.41, 5.74) is 4.07. The molecule has 0 radical (unpaired) electrons. The molecule has 0 aromatic heterocycles. The monoisotopic (exact) mass is 331 g/mol. The molecule has 2 aromatic carbocycles. The van der Waals surface area contributed by atoms with Crippen molar-refractivity contribution >= 4 is 21.8 Å². The molecular weight excluding hydrogens is 314 g/mol. The molecule has 2 nitrogen and oxygen atoms in total. The fourth-order valence-corrected chi connectivity index (χ4v) is 2.66. The maximum absolute atomic E-state index is 12.4. The Bertz CT molecular complexity index is 637. The zero-order chi connectivity index (χ0) is 14.7. The molecule has 2 aromatic rings. The van der Waals surface area contributed by atoms with Crippen LogP contribution < -0.4 is 5.32 Å². The largest absolute Gasteiger partial charge is 0.345 e. The quantitative estimate of drug-likeness (QED) is 0.877. The molecule has 0 aliphatic rings. The van der Waals surface area contributed by atoms with Gasteiger partial charge in [0.15, 0.2) is 0 Å². The minimum atomic E-state index is -0.0590. The molecule has 0 heterocycles. The van der Waals surface area contributed by atoms with Crippen molar-refractivity contribution in [2.75, 3.05) is 0 Å². The third kappa shape index (κ3) is 3.28. The van der Waals surface area contributed by atoms with Crippen molar-refractivity contribution in [3.63, 3.8) is 0 Å². The number of hydrogen-bond donors (Lipinski definition) is 1. The molecule has 1 atom stereocenters. The molecule has 1 amide bonds. The SMILES string of the molecule is Cc1ccc(Br)c(C(=O)NC(C)c2ccccc2C)c1. The van der Waals surface area contributed by atoms with E-state index in [1.165, 1.54) is 5.56 Å². The highest BCUT2D eigenvalue weighted by Gasteiger charge is 2.15. The van der Waals surface area contributed by atoms with Crippen LogP contribution in [0.25, 0.3) is 0 Å². The van der Waals surface area contributed by atoms with E-state index in [9.17, 15) is 4.79 Å². The molecule has 1 unspecified atom stereocenters. The Morgan fingerprint density at radius 3 is 2.55 bits per heavy atom. The van der Waals surface area contributed by atoms with Crippen molar-refractivity contribution in [3.05, 3.63) is 69.2 Å². The van der Waals surface area contributed by atoms with E-state index in [-0.39, 0.29) is 11.9 Å². The second kappa shape index (κ2) is 6.23. The fraction of sp³-hybridized carbons (Fsp3) is 0.235. The van der Waals surface area contributed by atoms with E-state index in [1.54, 1.807) is 0 Å². The third-order valence-electron chi connectivity index (χ3n) is 3.37. The molecule has 0 spiro atoms. The Hall–Kier alpha value is -1.61. The summed E-state index contributed by atoms with van der Waals surface area (Å²) >= 11 is 3.43. The minimum Gasteiger partial charge on any atom is -0.345 e. The first kappa shape index (κ1) is 14.8. The smallest absolute Gasteiger partial charge is 0.252 e. The summed E-state index contributed by atoms with van der Waals surface area (Å²) in [6, 6.07) is 13.9. The van der Waals surface area contributed by atoms with Gasteiger partial charge in [-0.3, -0.25) is 4.79 Å². The lowest BCUT2D eigenvalue weighted by Crippen LogP contribution is -2.27. The molecule has 104 valence electrons. The third-order valence-corrected chi connectivity index (χ3v) is 4.06. The fourth-order valence-electron chi connectivity index (χ4n) is 2.24. The molecular formula is C17H18BrNO. The number of carbonyl (C=O) groups is 1. The van der Waals surface area contributed by atoms with Crippen LogP contribution in [-0.2, 0) is 0 Å². The summed E-state index contributed by atoms with van der Waals surface area (Å²) in [6.07, 6.45) is 0. The highest BCUT2D eigenvalue weighted by Crippen LogP contribution is 2.21. The second-order valence-corrected chi connectivity index (χ2v) is 5.89. The van der Waals surface area contributed by atoms with Crippen LogP contribution in [0.2, 0.25) is 0 Å². The molecule has 0 aliphatic heterocycles. The average Bonchev–Trinajstić information content (AvgIpc) is 2.41. The van der Waals surface area contributed by atoms with E-state index in [4.69, 9.17) is 0 Å². The van der Waals surface area contributed by atoms with Crippen LogP contribution in [0.3, 0.4) is 0 Å². The predicted molar refractivity (Wildman–Crippen MR) is 85.9 cm³/mol. The molecule has 0 saturated heterocycles. The van der Waals surface area contributed by atoms with Gasteiger partial charge in [-0.15, -0.1) is 0 Å². The van der Waals surface area contributed by atoms with Gasteiger partial charge in [0.1, 0.15) is 0 Å². The van der Waals surface area contributed by atoms with Crippen molar-refractivity contribution in [3.8, 4) is 0 Å². The van der Waals surface area contributed by atoms with Crippen LogP contribution >= 0.6 is 15.9 Å². The van der Waals surface area contributed by atoms with Gasteiger partial charge in [0, 0.05) is 4.47 Å². The summed E-state index contributed by atoms with van der Waals surface area (Å²) < 4.78 is 0.817. The van der Waals surface area contributed by atoms with Crippen LogP contribution in [0, 0.1) is 13.8 Å². The van der Waals surface area contributed by atoms with E-state index >= 15 is 0 Å². The maximum Gasteiger partial charge on any atom is 0.252 e. The Balaban J connectivity index is 2.20. The van der Waals surface area contributed by atoms with Gasteiger partial charge in [-0.2, -0.15) is 0 Å². The molecule has 2 rings (SSSR count). The van der Waals surface area contributed by atoms with Crippen LogP contribution in [0.5, 0.6) is 0 Å². The molecule has 3 heteroatoms. The van der Waals surface area contributed by atoms with Crippen molar-refractivity contribution in [2.45, 2.75) is 26.8 Å². The lowest BCUT2D eigenvalue weighted by molar-refractivity contribution is 0.0939. The lowest BCUT2D eigenvalue weighted by Gasteiger charge is -2.17. The summed E-state index contributed by atoms with van der Waals surface area (Å²) in [5, 5.41) is 3.05. The maximum atomic E-state index is 12.4. The van der Waals surface area contributed by atoms with Gasteiger partial charge in [0.05, 0.1) is 11.6 Å². The first-order valence-electron chi connectivity index (χ1n) is 6.61. The number of hydrogen-bond acceptors (Lipinski definition) is 1. The summed E-state index contributed by atoms with van der Waals surface area (Å²) in [6.45, 7) is 6.04. The van der Waals surface area contributed by atoms with Gasteiger partial charge in [0.2, 0.25) is 0 Å². The van der Waals surface area contributed by atoms with Crippen molar-refractivity contribution in [1.82, 2.24) is 5.32 Å². The number of amides is 1. The highest BCUT2D eigenvalue weighted by atomic mass is 79.9. The topological polar surface area (TPSA) is 29.1 Å². The number of rotatable bonds is 3. The zero-order valence-corrected chi connectivity index (χ0v) is 13.5. The van der Waals surface area contributed by atoms with Crippen molar-refractivity contribution in [1.29, 1.82) is 0 Å². The van der Waals surface area contributed by atoms with Gasteiger partial charge in [-0.1, -0.05) is 35.9 Å². The Morgan fingerprint density at radius 1 is 1.15 bits per heavy atom. The normalized spacial score (nSPS) is 12.0. The average molecular weight is 332 g/mol. The second-order valence-electron chi connectivity index (χ2n) is 5.04. The van der Waals surface area contributed by atoms with Crippen LogP contribution in [-0.4, -0.2) is 5.91 Å². The van der Waals surface area contributed by atoms with E-state index < -0.39 is 0 Å². The molecule has 1 N–H and O–H groups in total. The summed E-state index contributed by atoms with van der Waals surface area (Å²) in [5.74, 6) is -0.0590. The van der Waals surface area contributed by atoms with E-state index in [0.29, 0.717) is 5.56 Å². The molecule has 0 bridgehead atoms. The molecule has 20 heavy (non-hydrogen) atoms. The Kier molecular flexibility index (Phi) is 4.61. The number of aryl methyl sites for hydroxylation is 2. The standard InChI is InChI=1S/C17H18BrNO/c1-11-8-9-16(18)15(10-11)17(20)19-13(3)14-7-5-4-6-12(14)2/h4-10,13H,1-3H3,(H,19,20). The summed E-state index contributed by atoms with van der Waals surface area (Å²) in [7, 11) is 0. The highest BCUT2D eigenvalue weighted by molar-refractivity contribution is 9.10. The van der Waals surface area contributed by atoms with Crippen molar-refractivity contribution < 1.29 is 4.79 Å². The predicted octanol–water partition coefficient (Wildman–Crippen LogP) is 4.56. The van der Waals surface area contributed by atoms with Gasteiger partial charge in [-0.25, -0.2) is 0 Å². The van der Waals surface area contributed by atoms with Gasteiger partial charge < -0.3 is 5.32 Å². The van der Waals surface area contributed by atoms with E-state index in [1.807, 2.05) is 50.2 Å². The van der Waals surface area contributed by atoms with Crippen molar-refractivity contribution in [2.24, 2.45) is 0 Å². The molecule has 0 saturated carbocycles. The van der Waals surface area contributed by atoms with Crippen LogP contribution in [0.1, 0.15) is 40.0 Å². The van der Waals surface area contributed by atoms with Gasteiger partial charge in [-0.05, 0) is 60.0 Å². The van der Waals surface area contributed by atoms with Crippen LogP contribution in [0.15, 0.2) is 46.9 Å². The Morgan fingerprint density at radius 2 is 1.85 bits per heavy atom. The number of benzene rings is 2. The van der Waals surface area contributed by atoms with Gasteiger partial charge >= 0.3 is 0 Å². The number of carbonyl (C=O) groups excluding carboxylic acids is 1. The first-order valence-corrected chi connectivity index (χ1v) is 7.41. The summed E-state index contributed by atoms with van der Waals surface area (Å²) in [4.78, 5) is 12.4. The zero-order valence-electron chi connectivity index (χ0n) is 11.9. The van der Waals surface area contributed by atoms with Crippen LogP contribution in [0.4, 0.5) is 0 Å². The van der Waals surface area contributed by atoms with E-state index in [2.05, 4.69) is 34.2 Å². The Labute approximate surface area is 128 Å². The lowest BCUT2D eigenvalue weighted by atomic mass is 10.0. The molecule has 0 fully saturated rings. The first-order chi connectivity index (χ1) is 9.49. The van der Waals surface area contributed by atoms with Gasteiger partial charge in [0.25, 0.3) is 5.91 Å². The minimum absolute atomic E-state index is 0.0175.